The number of nitriles is 1. The lowest BCUT2D eigenvalue weighted by molar-refractivity contribution is 0.713. The van der Waals surface area contributed by atoms with Gasteiger partial charge in [0, 0.05) is 17.1 Å². The molecule has 1 aliphatic carbocycles. The summed E-state index contributed by atoms with van der Waals surface area (Å²) in [5.74, 6) is 0.631. The Hall–Kier alpha value is -2.10. The molecule has 4 rings (SSSR count). The topological polar surface area (TPSA) is 58.7 Å². The monoisotopic (exact) mass is 381 g/mol. The molecule has 0 radical (unpaired) electrons. The third-order valence-corrected chi connectivity index (χ3v) is 6.79. The van der Waals surface area contributed by atoms with Gasteiger partial charge >= 0.3 is 0 Å². The van der Waals surface area contributed by atoms with Crippen LogP contribution in [0.3, 0.4) is 0 Å². The fourth-order valence-corrected chi connectivity index (χ4v) is 5.61. The number of para-hydroxylation sites is 1. The summed E-state index contributed by atoms with van der Waals surface area (Å²) in [7, 11) is 0. The van der Waals surface area contributed by atoms with Gasteiger partial charge in [0.1, 0.15) is 4.83 Å². The molecule has 6 heteroatoms. The smallest absolute Gasteiger partial charge is 0.267 e. The number of thiophene rings is 1. The third kappa shape index (κ3) is 3.17. The summed E-state index contributed by atoms with van der Waals surface area (Å²) in [5, 5.41) is 10.3. The normalized spacial score (nSPS) is 14.0. The standard InChI is InChI=1S/C20H19N3OS2/c21-12-7-13-25-20-22-18-17(15-10-5-2-6-11-16(15)26-18)19(24)23(20)14-8-3-1-4-9-14/h1,3-4,8-9H,2,5-7,10-11,13H2. The zero-order valence-electron chi connectivity index (χ0n) is 14.4. The predicted octanol–water partition coefficient (Wildman–Crippen LogP) is 4.72. The van der Waals surface area contributed by atoms with Crippen molar-refractivity contribution in [3.63, 3.8) is 0 Å². The summed E-state index contributed by atoms with van der Waals surface area (Å²) in [6.45, 7) is 0. The van der Waals surface area contributed by atoms with Gasteiger partial charge in [-0.2, -0.15) is 5.26 Å². The van der Waals surface area contributed by atoms with Crippen LogP contribution in [-0.2, 0) is 12.8 Å². The number of aromatic nitrogens is 2. The quantitative estimate of drug-likeness (QED) is 0.284. The van der Waals surface area contributed by atoms with Crippen LogP contribution in [0.2, 0.25) is 0 Å². The average Bonchev–Trinajstić information content (AvgIpc) is 2.84. The lowest BCUT2D eigenvalue weighted by Gasteiger charge is -2.12. The minimum atomic E-state index is 0.0278. The van der Waals surface area contributed by atoms with Gasteiger partial charge in [-0.25, -0.2) is 4.98 Å². The number of rotatable bonds is 4. The number of nitrogens with zero attached hydrogens (tertiary/aromatic N) is 3. The van der Waals surface area contributed by atoms with Gasteiger partial charge in [-0.1, -0.05) is 36.4 Å². The highest BCUT2D eigenvalue weighted by molar-refractivity contribution is 7.99. The molecule has 4 nitrogen and oxygen atoms in total. The second kappa shape index (κ2) is 7.65. The Bertz CT molecular complexity index is 1030. The van der Waals surface area contributed by atoms with Crippen molar-refractivity contribution >= 4 is 33.3 Å². The van der Waals surface area contributed by atoms with Crippen LogP contribution in [0.25, 0.3) is 15.9 Å². The number of benzene rings is 1. The molecule has 3 aromatic rings. The van der Waals surface area contributed by atoms with Gasteiger partial charge in [-0.05, 0) is 43.4 Å². The molecule has 0 atom stereocenters. The van der Waals surface area contributed by atoms with Gasteiger partial charge in [-0.3, -0.25) is 9.36 Å². The van der Waals surface area contributed by atoms with E-state index in [0.717, 1.165) is 35.2 Å². The van der Waals surface area contributed by atoms with Crippen LogP contribution < -0.4 is 5.56 Å². The van der Waals surface area contributed by atoms with E-state index in [4.69, 9.17) is 10.2 Å². The van der Waals surface area contributed by atoms with Gasteiger partial charge in [0.2, 0.25) is 0 Å². The Morgan fingerprint density at radius 1 is 1.19 bits per heavy atom. The third-order valence-electron chi connectivity index (χ3n) is 4.67. The number of thioether (sulfide) groups is 1. The van der Waals surface area contributed by atoms with Crippen molar-refractivity contribution in [2.75, 3.05) is 5.75 Å². The van der Waals surface area contributed by atoms with E-state index in [1.807, 2.05) is 30.3 Å². The lowest BCUT2D eigenvalue weighted by atomic mass is 10.1. The molecule has 0 spiro atoms. The summed E-state index contributed by atoms with van der Waals surface area (Å²) in [5.41, 5.74) is 2.08. The van der Waals surface area contributed by atoms with E-state index >= 15 is 0 Å². The van der Waals surface area contributed by atoms with Gasteiger partial charge in [-0.15, -0.1) is 11.3 Å². The molecule has 132 valence electrons. The summed E-state index contributed by atoms with van der Waals surface area (Å²) in [6.07, 6.45) is 6.03. The highest BCUT2D eigenvalue weighted by atomic mass is 32.2. The Morgan fingerprint density at radius 3 is 2.81 bits per heavy atom. The zero-order chi connectivity index (χ0) is 17.9. The fourth-order valence-electron chi connectivity index (χ4n) is 3.45. The largest absolute Gasteiger partial charge is 0.268 e. The minimum Gasteiger partial charge on any atom is -0.268 e. The van der Waals surface area contributed by atoms with Crippen LogP contribution in [0.1, 0.15) is 36.1 Å². The van der Waals surface area contributed by atoms with Crippen molar-refractivity contribution in [3.05, 3.63) is 51.1 Å². The molecule has 0 bridgehead atoms. The first kappa shape index (κ1) is 17.3. The maximum absolute atomic E-state index is 13.5. The highest BCUT2D eigenvalue weighted by Gasteiger charge is 2.22. The van der Waals surface area contributed by atoms with Gasteiger partial charge in [0.05, 0.1) is 17.1 Å². The highest BCUT2D eigenvalue weighted by Crippen LogP contribution is 2.34. The Kier molecular flexibility index (Phi) is 5.09. The predicted molar refractivity (Wildman–Crippen MR) is 107 cm³/mol. The summed E-state index contributed by atoms with van der Waals surface area (Å²) >= 11 is 3.16. The van der Waals surface area contributed by atoms with Crippen molar-refractivity contribution in [1.82, 2.24) is 9.55 Å². The van der Waals surface area contributed by atoms with Crippen molar-refractivity contribution in [3.8, 4) is 11.8 Å². The first-order valence-corrected chi connectivity index (χ1v) is 10.7. The summed E-state index contributed by atoms with van der Waals surface area (Å²) in [4.78, 5) is 20.5. The molecular weight excluding hydrogens is 362 g/mol. The first-order valence-electron chi connectivity index (χ1n) is 8.92. The molecule has 1 aliphatic rings. The molecule has 2 aromatic heterocycles. The van der Waals surface area contributed by atoms with Crippen molar-refractivity contribution in [1.29, 1.82) is 5.26 Å². The van der Waals surface area contributed by atoms with E-state index in [1.54, 1.807) is 15.9 Å². The number of hydrogen-bond acceptors (Lipinski definition) is 5. The van der Waals surface area contributed by atoms with Gasteiger partial charge < -0.3 is 0 Å². The molecule has 26 heavy (non-hydrogen) atoms. The van der Waals surface area contributed by atoms with Crippen molar-refractivity contribution in [2.45, 2.75) is 43.7 Å². The summed E-state index contributed by atoms with van der Waals surface area (Å²) < 4.78 is 1.72. The molecule has 0 saturated carbocycles. The van der Waals surface area contributed by atoms with Crippen molar-refractivity contribution in [2.24, 2.45) is 0 Å². The second-order valence-electron chi connectivity index (χ2n) is 6.37. The van der Waals surface area contributed by atoms with Crippen LogP contribution in [0.4, 0.5) is 0 Å². The molecular formula is C20H19N3OS2. The Balaban J connectivity index is 1.94. The molecule has 0 aliphatic heterocycles. The van der Waals surface area contributed by atoms with Crippen LogP contribution in [0, 0.1) is 11.3 Å². The minimum absolute atomic E-state index is 0.0278. The molecule has 0 N–H and O–H groups in total. The zero-order valence-corrected chi connectivity index (χ0v) is 16.0. The van der Waals surface area contributed by atoms with Crippen LogP contribution in [0.5, 0.6) is 0 Å². The molecule has 2 heterocycles. The molecule has 0 saturated heterocycles. The molecule has 0 amide bonds. The molecule has 0 fully saturated rings. The maximum Gasteiger partial charge on any atom is 0.267 e. The fraction of sp³-hybridized carbons (Fsp3) is 0.350. The first-order chi connectivity index (χ1) is 12.8. The van der Waals surface area contributed by atoms with E-state index in [2.05, 4.69) is 6.07 Å². The average molecular weight is 382 g/mol. The van der Waals surface area contributed by atoms with Crippen LogP contribution in [-0.4, -0.2) is 15.3 Å². The Labute approximate surface area is 160 Å². The second-order valence-corrected chi connectivity index (χ2v) is 8.52. The number of fused-ring (bicyclic) bond motifs is 3. The van der Waals surface area contributed by atoms with Crippen LogP contribution >= 0.6 is 23.1 Å². The molecule has 1 aromatic carbocycles. The number of aryl methyl sites for hydroxylation is 2. The van der Waals surface area contributed by atoms with Gasteiger partial charge in [0.15, 0.2) is 5.16 Å². The number of hydrogen-bond donors (Lipinski definition) is 0. The van der Waals surface area contributed by atoms with E-state index in [0.29, 0.717) is 17.3 Å². The van der Waals surface area contributed by atoms with E-state index in [9.17, 15) is 4.79 Å². The van der Waals surface area contributed by atoms with Crippen LogP contribution in [0.15, 0.2) is 40.3 Å². The lowest BCUT2D eigenvalue weighted by Crippen LogP contribution is -2.22. The summed E-state index contributed by atoms with van der Waals surface area (Å²) in [6, 6.07) is 11.9. The van der Waals surface area contributed by atoms with E-state index < -0.39 is 0 Å². The van der Waals surface area contributed by atoms with Gasteiger partial charge in [0.25, 0.3) is 5.56 Å². The maximum atomic E-state index is 13.5. The molecule has 0 unspecified atom stereocenters. The van der Waals surface area contributed by atoms with Crippen molar-refractivity contribution < 1.29 is 0 Å². The SMILES string of the molecule is N#CCCSc1nc2sc3c(c2c(=O)n1-c1ccccc1)CCCCC3. The van der Waals surface area contributed by atoms with E-state index in [-0.39, 0.29) is 5.56 Å². The Morgan fingerprint density at radius 2 is 2.00 bits per heavy atom. The van der Waals surface area contributed by atoms with E-state index in [1.165, 1.54) is 35.0 Å².